The normalized spacial score (nSPS) is 10.8. The van der Waals surface area contributed by atoms with Crippen molar-refractivity contribution in [3.8, 4) is 0 Å². The highest BCUT2D eigenvalue weighted by Gasteiger charge is 2.06. The van der Waals surface area contributed by atoms with Crippen LogP contribution >= 0.6 is 0 Å². The molecule has 0 saturated heterocycles. The van der Waals surface area contributed by atoms with Crippen LogP contribution in [0.25, 0.3) is 5.65 Å². The highest BCUT2D eigenvalue weighted by Crippen LogP contribution is 2.10. The Balaban J connectivity index is 1.95. The number of aldehydes is 1. The van der Waals surface area contributed by atoms with Crippen LogP contribution in [0.5, 0.6) is 0 Å². The number of benzene rings is 1. The number of rotatable bonds is 3. The average Bonchev–Trinajstić information content (AvgIpc) is 2.79. The molecule has 3 rings (SSSR count). The number of pyridine rings is 1. The minimum Gasteiger partial charge on any atom is -0.298 e. The van der Waals surface area contributed by atoms with Gasteiger partial charge in [-0.2, -0.15) is 5.10 Å². The summed E-state index contributed by atoms with van der Waals surface area (Å²) in [5.41, 5.74) is 1.97. The Labute approximate surface area is 108 Å². The molecule has 4 nitrogen and oxygen atoms in total. The minimum absolute atomic E-state index is 0.274. The van der Waals surface area contributed by atoms with Crippen LogP contribution in [0.1, 0.15) is 21.7 Å². The van der Waals surface area contributed by atoms with Gasteiger partial charge in [-0.25, -0.2) is 13.9 Å². The van der Waals surface area contributed by atoms with Crippen LogP contribution < -0.4 is 0 Å². The van der Waals surface area contributed by atoms with E-state index in [2.05, 4.69) is 10.1 Å². The molecule has 0 saturated carbocycles. The standard InChI is InChI=1S/C14H10FN3O/c15-12-3-1-2-10(6-12)7-13-16-14-8-11(9-19)4-5-18(14)17-13/h1-6,8-9H,7H2. The molecular weight excluding hydrogens is 245 g/mol. The molecule has 0 aliphatic heterocycles. The number of carbonyl (C=O) groups excluding carboxylic acids is 1. The molecule has 0 radical (unpaired) electrons. The lowest BCUT2D eigenvalue weighted by Crippen LogP contribution is -1.92. The molecule has 1 aromatic carbocycles. The van der Waals surface area contributed by atoms with Crippen molar-refractivity contribution in [3.63, 3.8) is 0 Å². The highest BCUT2D eigenvalue weighted by molar-refractivity contribution is 5.76. The first-order chi connectivity index (χ1) is 9.24. The van der Waals surface area contributed by atoms with E-state index in [4.69, 9.17) is 0 Å². The Bertz CT molecular complexity index is 751. The van der Waals surface area contributed by atoms with E-state index in [1.54, 1.807) is 28.9 Å². The maximum Gasteiger partial charge on any atom is 0.156 e. The zero-order chi connectivity index (χ0) is 13.2. The summed E-state index contributed by atoms with van der Waals surface area (Å²) in [6.07, 6.45) is 2.90. The number of halogens is 1. The van der Waals surface area contributed by atoms with Crippen LogP contribution in [0, 0.1) is 5.82 Å². The summed E-state index contributed by atoms with van der Waals surface area (Å²) in [6.45, 7) is 0. The summed E-state index contributed by atoms with van der Waals surface area (Å²) in [4.78, 5) is 15.0. The van der Waals surface area contributed by atoms with E-state index in [0.29, 0.717) is 23.5 Å². The third-order valence-electron chi connectivity index (χ3n) is 2.79. The molecular formula is C14H10FN3O. The molecule has 94 valence electrons. The van der Waals surface area contributed by atoms with Crippen LogP contribution in [0.2, 0.25) is 0 Å². The Hall–Kier alpha value is -2.56. The molecule has 5 heteroatoms. The fraction of sp³-hybridized carbons (Fsp3) is 0.0714. The third-order valence-corrected chi connectivity index (χ3v) is 2.79. The van der Waals surface area contributed by atoms with Crippen molar-refractivity contribution < 1.29 is 9.18 Å². The zero-order valence-corrected chi connectivity index (χ0v) is 9.95. The second-order valence-electron chi connectivity index (χ2n) is 4.22. The molecule has 2 heterocycles. The lowest BCUT2D eigenvalue weighted by Gasteiger charge is -1.96. The van der Waals surface area contributed by atoms with Gasteiger partial charge < -0.3 is 0 Å². The van der Waals surface area contributed by atoms with Crippen molar-refractivity contribution in [3.05, 3.63) is 65.4 Å². The van der Waals surface area contributed by atoms with Gasteiger partial charge in [-0.3, -0.25) is 4.79 Å². The zero-order valence-electron chi connectivity index (χ0n) is 9.95. The summed E-state index contributed by atoms with van der Waals surface area (Å²) in [5.74, 6) is 0.318. The molecule has 0 fully saturated rings. The largest absolute Gasteiger partial charge is 0.298 e. The second-order valence-corrected chi connectivity index (χ2v) is 4.22. The summed E-state index contributed by atoms with van der Waals surface area (Å²) in [7, 11) is 0. The van der Waals surface area contributed by atoms with Crippen LogP contribution in [0.15, 0.2) is 42.6 Å². The van der Waals surface area contributed by atoms with Gasteiger partial charge in [0, 0.05) is 18.2 Å². The minimum atomic E-state index is -0.274. The van der Waals surface area contributed by atoms with Crippen molar-refractivity contribution in [1.29, 1.82) is 0 Å². The maximum atomic E-state index is 13.1. The second kappa shape index (κ2) is 4.61. The van der Waals surface area contributed by atoms with Gasteiger partial charge >= 0.3 is 0 Å². The molecule has 0 bridgehead atoms. The van der Waals surface area contributed by atoms with Gasteiger partial charge in [-0.05, 0) is 29.8 Å². The van der Waals surface area contributed by atoms with E-state index >= 15 is 0 Å². The number of nitrogens with zero attached hydrogens (tertiary/aromatic N) is 3. The van der Waals surface area contributed by atoms with Crippen molar-refractivity contribution in [2.75, 3.05) is 0 Å². The summed E-state index contributed by atoms with van der Waals surface area (Å²) < 4.78 is 14.7. The van der Waals surface area contributed by atoms with Crippen molar-refractivity contribution in [2.45, 2.75) is 6.42 Å². The van der Waals surface area contributed by atoms with Gasteiger partial charge in [-0.15, -0.1) is 0 Å². The summed E-state index contributed by atoms with van der Waals surface area (Å²) in [5, 5.41) is 4.28. The third kappa shape index (κ3) is 2.35. The Morgan fingerprint density at radius 3 is 2.95 bits per heavy atom. The number of aromatic nitrogens is 3. The molecule has 0 aliphatic rings. The number of fused-ring (bicyclic) bond motifs is 1. The average molecular weight is 255 g/mol. The molecule has 0 aliphatic carbocycles. The smallest absolute Gasteiger partial charge is 0.156 e. The van der Waals surface area contributed by atoms with Gasteiger partial charge in [-0.1, -0.05) is 12.1 Å². The van der Waals surface area contributed by atoms with E-state index in [1.807, 2.05) is 6.07 Å². The van der Waals surface area contributed by atoms with E-state index in [0.717, 1.165) is 11.8 Å². The van der Waals surface area contributed by atoms with Crippen molar-refractivity contribution in [2.24, 2.45) is 0 Å². The predicted molar refractivity (Wildman–Crippen MR) is 67.6 cm³/mol. The Kier molecular flexibility index (Phi) is 2.79. The molecule has 19 heavy (non-hydrogen) atoms. The number of hydrogen-bond acceptors (Lipinski definition) is 3. The lowest BCUT2D eigenvalue weighted by molar-refractivity contribution is 0.112. The monoisotopic (exact) mass is 255 g/mol. The topological polar surface area (TPSA) is 47.3 Å². The molecule has 2 aromatic heterocycles. The number of carbonyl (C=O) groups is 1. The molecule has 0 spiro atoms. The van der Waals surface area contributed by atoms with Crippen LogP contribution in [0.3, 0.4) is 0 Å². The lowest BCUT2D eigenvalue weighted by atomic mass is 10.1. The van der Waals surface area contributed by atoms with E-state index in [-0.39, 0.29) is 5.82 Å². The van der Waals surface area contributed by atoms with Gasteiger partial charge in [0.2, 0.25) is 0 Å². The summed E-state index contributed by atoms with van der Waals surface area (Å²) >= 11 is 0. The van der Waals surface area contributed by atoms with Crippen LogP contribution in [-0.4, -0.2) is 20.9 Å². The first-order valence-electron chi connectivity index (χ1n) is 5.79. The Morgan fingerprint density at radius 2 is 2.16 bits per heavy atom. The molecule has 0 N–H and O–H groups in total. The fourth-order valence-electron chi connectivity index (χ4n) is 1.92. The van der Waals surface area contributed by atoms with E-state index in [1.165, 1.54) is 12.1 Å². The molecule has 0 amide bonds. The van der Waals surface area contributed by atoms with Crippen molar-refractivity contribution >= 4 is 11.9 Å². The quantitative estimate of drug-likeness (QED) is 0.674. The first-order valence-corrected chi connectivity index (χ1v) is 5.79. The van der Waals surface area contributed by atoms with Crippen LogP contribution in [-0.2, 0) is 6.42 Å². The molecule has 0 atom stereocenters. The van der Waals surface area contributed by atoms with Crippen LogP contribution in [0.4, 0.5) is 4.39 Å². The summed E-state index contributed by atoms with van der Waals surface area (Å²) in [6, 6.07) is 9.67. The predicted octanol–water partition coefficient (Wildman–Crippen LogP) is 2.27. The maximum absolute atomic E-state index is 13.1. The number of hydrogen-bond donors (Lipinski definition) is 0. The highest BCUT2D eigenvalue weighted by atomic mass is 19.1. The van der Waals surface area contributed by atoms with Gasteiger partial charge in [0.15, 0.2) is 11.5 Å². The van der Waals surface area contributed by atoms with E-state index < -0.39 is 0 Å². The van der Waals surface area contributed by atoms with E-state index in [9.17, 15) is 9.18 Å². The molecule has 3 aromatic rings. The fourth-order valence-corrected chi connectivity index (χ4v) is 1.92. The van der Waals surface area contributed by atoms with Gasteiger partial charge in [0.05, 0.1) is 0 Å². The first kappa shape index (κ1) is 11.5. The van der Waals surface area contributed by atoms with Crippen molar-refractivity contribution in [1.82, 2.24) is 14.6 Å². The SMILES string of the molecule is O=Cc1ccn2nc(Cc3cccc(F)c3)nc2c1. The Morgan fingerprint density at radius 1 is 1.26 bits per heavy atom. The van der Waals surface area contributed by atoms with Gasteiger partial charge in [0.25, 0.3) is 0 Å². The molecule has 0 unspecified atom stereocenters. The van der Waals surface area contributed by atoms with Gasteiger partial charge in [0.1, 0.15) is 12.1 Å².